The topological polar surface area (TPSA) is 43.8 Å². The lowest BCUT2D eigenvalue weighted by atomic mass is 10.1. The lowest BCUT2D eigenvalue weighted by molar-refractivity contribution is 0.606. The van der Waals surface area contributed by atoms with E-state index in [-0.39, 0.29) is 0 Å². The van der Waals surface area contributed by atoms with E-state index in [2.05, 4.69) is 43.7 Å². The molecule has 2 aromatic rings. The predicted molar refractivity (Wildman–Crippen MR) is 76.6 cm³/mol. The number of benzene rings is 1. The largest absolute Gasteiger partial charge is 0.331 e. The Morgan fingerprint density at radius 1 is 1.33 bits per heavy atom. The summed E-state index contributed by atoms with van der Waals surface area (Å²) in [7, 11) is 2.10. The van der Waals surface area contributed by atoms with Gasteiger partial charge in [0.25, 0.3) is 0 Å². The predicted octanol–water partition coefficient (Wildman–Crippen LogP) is 2.66. The zero-order chi connectivity index (χ0) is 13.1. The monoisotopic (exact) mass is 245 g/mol. The summed E-state index contributed by atoms with van der Waals surface area (Å²) < 4.78 is 2.21. The molecule has 0 saturated carbocycles. The van der Waals surface area contributed by atoms with E-state index in [1.165, 1.54) is 16.9 Å². The molecule has 2 rings (SSSR count). The van der Waals surface area contributed by atoms with Crippen LogP contribution >= 0.6 is 0 Å². The maximum absolute atomic E-state index is 5.55. The van der Waals surface area contributed by atoms with Gasteiger partial charge in [-0.3, -0.25) is 0 Å². The van der Waals surface area contributed by atoms with Gasteiger partial charge in [-0.15, -0.1) is 0 Å². The Bertz CT molecular complexity index is 526. The Morgan fingerprint density at radius 2 is 2.11 bits per heavy atom. The third-order valence-corrected chi connectivity index (χ3v) is 3.30. The van der Waals surface area contributed by atoms with Crippen LogP contribution < -0.4 is 5.73 Å². The molecule has 3 nitrogen and oxygen atoms in total. The number of rotatable bonds is 5. The van der Waals surface area contributed by atoms with Crippen LogP contribution in [0.3, 0.4) is 0 Å². The van der Waals surface area contributed by atoms with E-state index in [0.29, 0.717) is 5.92 Å². The SMILES string of the molecule is CC(C)Cc1nc2cc(CCCN)ccc2n1C. The number of aryl methyl sites for hydroxylation is 2. The van der Waals surface area contributed by atoms with Gasteiger partial charge in [0, 0.05) is 13.5 Å². The van der Waals surface area contributed by atoms with Crippen LogP contribution in [0.2, 0.25) is 0 Å². The van der Waals surface area contributed by atoms with Gasteiger partial charge < -0.3 is 10.3 Å². The lowest BCUT2D eigenvalue weighted by Crippen LogP contribution is -2.02. The first-order chi connectivity index (χ1) is 8.61. The smallest absolute Gasteiger partial charge is 0.109 e. The highest BCUT2D eigenvalue weighted by molar-refractivity contribution is 5.76. The van der Waals surface area contributed by atoms with Gasteiger partial charge in [0.1, 0.15) is 5.82 Å². The van der Waals surface area contributed by atoms with E-state index in [9.17, 15) is 0 Å². The van der Waals surface area contributed by atoms with Crippen molar-refractivity contribution in [1.82, 2.24) is 9.55 Å². The van der Waals surface area contributed by atoms with Gasteiger partial charge in [-0.1, -0.05) is 19.9 Å². The summed E-state index contributed by atoms with van der Waals surface area (Å²) in [4.78, 5) is 4.75. The fourth-order valence-electron chi connectivity index (χ4n) is 2.30. The Balaban J connectivity index is 2.32. The molecular formula is C15H23N3. The van der Waals surface area contributed by atoms with Crippen molar-refractivity contribution in [2.24, 2.45) is 18.7 Å². The Kier molecular flexibility index (Phi) is 4.02. The van der Waals surface area contributed by atoms with Crippen LogP contribution in [-0.4, -0.2) is 16.1 Å². The van der Waals surface area contributed by atoms with Crippen molar-refractivity contribution in [2.45, 2.75) is 33.1 Å². The first-order valence-corrected chi connectivity index (χ1v) is 6.76. The third kappa shape index (κ3) is 2.72. The van der Waals surface area contributed by atoms with E-state index in [1.54, 1.807) is 0 Å². The number of nitrogens with two attached hydrogens (primary N) is 1. The van der Waals surface area contributed by atoms with Crippen LogP contribution in [0.4, 0.5) is 0 Å². The number of hydrogen-bond acceptors (Lipinski definition) is 2. The molecule has 1 heterocycles. The maximum atomic E-state index is 5.55. The van der Waals surface area contributed by atoms with E-state index in [0.717, 1.165) is 31.3 Å². The molecule has 0 aliphatic heterocycles. The molecule has 0 unspecified atom stereocenters. The third-order valence-electron chi connectivity index (χ3n) is 3.30. The fourth-order valence-corrected chi connectivity index (χ4v) is 2.30. The van der Waals surface area contributed by atoms with Crippen molar-refractivity contribution >= 4 is 11.0 Å². The van der Waals surface area contributed by atoms with E-state index in [1.807, 2.05) is 0 Å². The Hall–Kier alpha value is -1.35. The molecule has 3 heteroatoms. The van der Waals surface area contributed by atoms with Crippen molar-refractivity contribution in [3.05, 3.63) is 29.6 Å². The molecule has 18 heavy (non-hydrogen) atoms. The second-order valence-corrected chi connectivity index (χ2v) is 5.40. The van der Waals surface area contributed by atoms with Crippen molar-refractivity contribution in [2.75, 3.05) is 6.54 Å². The number of aromatic nitrogens is 2. The van der Waals surface area contributed by atoms with Gasteiger partial charge in [-0.2, -0.15) is 0 Å². The zero-order valence-corrected chi connectivity index (χ0v) is 11.6. The minimum absolute atomic E-state index is 0.636. The minimum atomic E-state index is 0.636. The summed E-state index contributed by atoms with van der Waals surface area (Å²) >= 11 is 0. The maximum Gasteiger partial charge on any atom is 0.109 e. The highest BCUT2D eigenvalue weighted by Gasteiger charge is 2.09. The molecule has 0 fully saturated rings. The average Bonchev–Trinajstić information content (AvgIpc) is 2.63. The van der Waals surface area contributed by atoms with Crippen LogP contribution in [0.25, 0.3) is 11.0 Å². The summed E-state index contributed by atoms with van der Waals surface area (Å²) in [6.45, 7) is 5.21. The second kappa shape index (κ2) is 5.53. The van der Waals surface area contributed by atoms with Gasteiger partial charge >= 0.3 is 0 Å². The number of hydrogen-bond donors (Lipinski definition) is 1. The highest BCUT2D eigenvalue weighted by Crippen LogP contribution is 2.19. The first kappa shape index (κ1) is 13.1. The van der Waals surface area contributed by atoms with Gasteiger partial charge in [0.15, 0.2) is 0 Å². The summed E-state index contributed by atoms with van der Waals surface area (Å²) in [5.41, 5.74) is 9.23. The zero-order valence-electron chi connectivity index (χ0n) is 11.6. The van der Waals surface area contributed by atoms with Crippen LogP contribution in [0.15, 0.2) is 18.2 Å². The number of fused-ring (bicyclic) bond motifs is 1. The summed E-state index contributed by atoms with van der Waals surface area (Å²) in [5, 5.41) is 0. The van der Waals surface area contributed by atoms with Crippen molar-refractivity contribution in [1.29, 1.82) is 0 Å². The van der Waals surface area contributed by atoms with E-state index in [4.69, 9.17) is 10.7 Å². The highest BCUT2D eigenvalue weighted by atomic mass is 15.1. The quantitative estimate of drug-likeness (QED) is 0.880. The molecule has 0 bridgehead atoms. The second-order valence-electron chi connectivity index (χ2n) is 5.40. The standard InChI is InChI=1S/C15H23N3/c1-11(2)9-15-17-13-10-12(5-4-8-16)6-7-14(13)18(15)3/h6-7,10-11H,4-5,8-9,16H2,1-3H3. The van der Waals surface area contributed by atoms with Gasteiger partial charge in [-0.25, -0.2) is 4.98 Å². The molecular weight excluding hydrogens is 222 g/mol. The van der Waals surface area contributed by atoms with Crippen LogP contribution in [-0.2, 0) is 19.9 Å². The molecule has 98 valence electrons. The van der Waals surface area contributed by atoms with Crippen LogP contribution in [0, 0.1) is 5.92 Å². The van der Waals surface area contributed by atoms with Gasteiger partial charge in [-0.05, 0) is 43.0 Å². The summed E-state index contributed by atoms with van der Waals surface area (Å²) in [5.74, 6) is 1.81. The molecule has 0 amide bonds. The fraction of sp³-hybridized carbons (Fsp3) is 0.533. The van der Waals surface area contributed by atoms with Crippen LogP contribution in [0.5, 0.6) is 0 Å². The molecule has 0 saturated heterocycles. The molecule has 2 N–H and O–H groups in total. The van der Waals surface area contributed by atoms with Gasteiger partial charge in [0.05, 0.1) is 11.0 Å². The molecule has 0 aliphatic carbocycles. The van der Waals surface area contributed by atoms with Crippen LogP contribution in [0.1, 0.15) is 31.7 Å². The molecule has 0 aliphatic rings. The minimum Gasteiger partial charge on any atom is -0.331 e. The molecule has 1 aromatic carbocycles. The molecule has 1 aromatic heterocycles. The number of imidazole rings is 1. The van der Waals surface area contributed by atoms with E-state index < -0.39 is 0 Å². The van der Waals surface area contributed by atoms with Crippen molar-refractivity contribution < 1.29 is 0 Å². The molecule has 0 spiro atoms. The Morgan fingerprint density at radius 3 is 2.78 bits per heavy atom. The summed E-state index contributed by atoms with van der Waals surface area (Å²) in [6.07, 6.45) is 3.11. The van der Waals surface area contributed by atoms with Gasteiger partial charge in [0.2, 0.25) is 0 Å². The number of nitrogens with zero attached hydrogens (tertiary/aromatic N) is 2. The van der Waals surface area contributed by atoms with Crippen molar-refractivity contribution in [3.8, 4) is 0 Å². The first-order valence-electron chi connectivity index (χ1n) is 6.76. The van der Waals surface area contributed by atoms with E-state index >= 15 is 0 Å². The Labute approximate surface area is 109 Å². The van der Waals surface area contributed by atoms with Crippen molar-refractivity contribution in [3.63, 3.8) is 0 Å². The molecule has 0 atom stereocenters. The lowest BCUT2D eigenvalue weighted by Gasteiger charge is -2.04. The normalized spacial score (nSPS) is 11.6. The molecule has 0 radical (unpaired) electrons. The average molecular weight is 245 g/mol. The summed E-state index contributed by atoms with van der Waals surface area (Å²) in [6, 6.07) is 6.58.